The van der Waals surface area contributed by atoms with Crippen LogP contribution in [0.5, 0.6) is 0 Å². The number of rotatable bonds is 6. The summed E-state index contributed by atoms with van der Waals surface area (Å²) in [5, 5.41) is 14.9. The molecule has 14 heteroatoms. The van der Waals surface area contributed by atoms with E-state index < -0.39 is 29.4 Å². The lowest BCUT2D eigenvalue weighted by Gasteiger charge is -2.32. The molecule has 0 amide bonds. The second kappa shape index (κ2) is 11.2. The first-order chi connectivity index (χ1) is 20.5. The predicted molar refractivity (Wildman–Crippen MR) is 164 cm³/mol. The Hall–Kier alpha value is -3.44. The Bertz CT molecular complexity index is 2030. The summed E-state index contributed by atoms with van der Waals surface area (Å²) >= 11 is 10.9. The molecular weight excluding hydrogens is 669 g/mol. The number of alkyl halides is 3. The number of benzene rings is 1. The molecule has 1 fully saturated rings. The SMILES string of the molecule is N#CC1(Cn2ccc3cc(Cl)cc(-c4ccnc5cc(Cn6c(=O)c(Br)cn(CC(F)(F)F)c6=O)sc45)c32)CCNCC1. The molecule has 1 N–H and O–H groups in total. The van der Waals surface area contributed by atoms with E-state index in [-0.39, 0.29) is 11.0 Å². The van der Waals surface area contributed by atoms with Gasteiger partial charge in [0, 0.05) is 51.5 Å². The van der Waals surface area contributed by atoms with Gasteiger partial charge in [-0.25, -0.2) is 4.79 Å². The van der Waals surface area contributed by atoms with Crippen LogP contribution in [0.3, 0.4) is 0 Å². The summed E-state index contributed by atoms with van der Waals surface area (Å²) in [4.78, 5) is 30.7. The number of thiophene rings is 1. The van der Waals surface area contributed by atoms with Crippen LogP contribution in [-0.2, 0) is 19.6 Å². The van der Waals surface area contributed by atoms with Crippen molar-refractivity contribution in [1.29, 1.82) is 5.26 Å². The molecule has 0 spiro atoms. The maximum Gasteiger partial charge on any atom is 0.406 e. The maximum atomic E-state index is 13.1. The summed E-state index contributed by atoms with van der Waals surface area (Å²) in [6.07, 6.45) is 1.32. The summed E-state index contributed by atoms with van der Waals surface area (Å²) in [7, 11) is 0. The molecule has 1 aliphatic rings. The first-order valence-electron chi connectivity index (χ1n) is 13.3. The molecule has 1 aliphatic heterocycles. The van der Waals surface area contributed by atoms with Crippen molar-refractivity contribution in [2.24, 2.45) is 5.41 Å². The lowest BCUT2D eigenvalue weighted by Crippen LogP contribution is -2.42. The van der Waals surface area contributed by atoms with Crippen LogP contribution in [0.25, 0.3) is 32.2 Å². The number of nitrogens with one attached hydrogen (secondary N) is 1. The zero-order chi connectivity index (χ0) is 30.5. The summed E-state index contributed by atoms with van der Waals surface area (Å²) in [5.74, 6) is 0. The van der Waals surface area contributed by atoms with Crippen molar-refractivity contribution in [2.75, 3.05) is 13.1 Å². The molecule has 1 saturated heterocycles. The molecule has 8 nitrogen and oxygen atoms in total. The summed E-state index contributed by atoms with van der Waals surface area (Å²) in [6.45, 7) is 0.322. The minimum absolute atomic E-state index is 0.151. The maximum absolute atomic E-state index is 13.1. The van der Waals surface area contributed by atoms with Crippen molar-refractivity contribution < 1.29 is 13.2 Å². The highest BCUT2D eigenvalue weighted by atomic mass is 79.9. The van der Waals surface area contributed by atoms with Crippen molar-refractivity contribution in [2.45, 2.75) is 38.7 Å². The average Bonchev–Trinajstić information content (AvgIpc) is 3.56. The molecular formula is C29H23BrClF3N6O2S. The highest BCUT2D eigenvalue weighted by molar-refractivity contribution is 9.10. The third-order valence-corrected chi connectivity index (χ3v) is 9.61. The van der Waals surface area contributed by atoms with Crippen LogP contribution in [0.15, 0.2) is 63.0 Å². The van der Waals surface area contributed by atoms with Gasteiger partial charge in [0.25, 0.3) is 5.56 Å². The fourth-order valence-electron chi connectivity index (χ4n) is 5.68. The Morgan fingerprint density at radius 3 is 2.63 bits per heavy atom. The minimum atomic E-state index is -4.64. The van der Waals surface area contributed by atoms with E-state index in [0.717, 1.165) is 63.4 Å². The topological polar surface area (TPSA) is 97.6 Å². The van der Waals surface area contributed by atoms with Crippen LogP contribution in [0.4, 0.5) is 13.2 Å². The molecule has 4 aromatic heterocycles. The van der Waals surface area contributed by atoms with Gasteiger partial charge >= 0.3 is 11.9 Å². The minimum Gasteiger partial charge on any atom is -0.345 e. The number of piperidine rings is 1. The van der Waals surface area contributed by atoms with Gasteiger partial charge < -0.3 is 9.88 Å². The fourth-order valence-corrected chi connectivity index (χ4v) is 7.50. The zero-order valence-corrected chi connectivity index (χ0v) is 25.6. The van der Waals surface area contributed by atoms with Crippen molar-refractivity contribution in [3.8, 4) is 17.2 Å². The smallest absolute Gasteiger partial charge is 0.345 e. The number of nitrogens with zero attached hydrogens (tertiary/aromatic N) is 5. The van der Waals surface area contributed by atoms with Crippen molar-refractivity contribution >= 4 is 60.0 Å². The quantitative estimate of drug-likeness (QED) is 0.230. The Morgan fingerprint density at radius 1 is 1.14 bits per heavy atom. The van der Waals surface area contributed by atoms with Crippen molar-refractivity contribution in [3.63, 3.8) is 0 Å². The average molecular weight is 692 g/mol. The molecule has 0 bridgehead atoms. The number of hydrogen-bond donors (Lipinski definition) is 1. The van der Waals surface area contributed by atoms with Gasteiger partial charge in [0.05, 0.1) is 38.2 Å². The van der Waals surface area contributed by atoms with E-state index in [1.165, 1.54) is 11.3 Å². The molecule has 5 aromatic rings. The normalized spacial score (nSPS) is 15.3. The number of halogens is 5. The number of aromatic nitrogens is 4. The van der Waals surface area contributed by atoms with E-state index in [2.05, 4.69) is 36.9 Å². The summed E-state index contributed by atoms with van der Waals surface area (Å²) in [5.41, 5.74) is 0.882. The van der Waals surface area contributed by atoms with Crippen molar-refractivity contribution in [1.82, 2.24) is 24.0 Å². The second-order valence-corrected chi connectivity index (χ2v) is 13.1. The number of nitriles is 1. The van der Waals surface area contributed by atoms with Gasteiger partial charge in [-0.05, 0) is 72.2 Å². The first-order valence-corrected chi connectivity index (χ1v) is 15.3. The highest BCUT2D eigenvalue weighted by Crippen LogP contribution is 2.40. The third kappa shape index (κ3) is 5.76. The van der Waals surface area contributed by atoms with E-state index >= 15 is 0 Å². The van der Waals surface area contributed by atoms with Crippen LogP contribution in [0, 0.1) is 16.7 Å². The van der Waals surface area contributed by atoms with Crippen LogP contribution in [0.2, 0.25) is 5.02 Å². The van der Waals surface area contributed by atoms with Crippen LogP contribution in [0.1, 0.15) is 17.7 Å². The molecule has 0 aliphatic carbocycles. The van der Waals surface area contributed by atoms with Gasteiger partial charge in [0.15, 0.2) is 0 Å². The van der Waals surface area contributed by atoms with E-state index in [1.54, 1.807) is 12.3 Å². The van der Waals surface area contributed by atoms with Gasteiger partial charge in [-0.15, -0.1) is 11.3 Å². The number of fused-ring (bicyclic) bond motifs is 2. The first kappa shape index (κ1) is 29.6. The number of hydrogen-bond acceptors (Lipinski definition) is 6. The van der Waals surface area contributed by atoms with Gasteiger partial charge in [-0.2, -0.15) is 18.4 Å². The largest absolute Gasteiger partial charge is 0.406 e. The molecule has 1 aromatic carbocycles. The van der Waals surface area contributed by atoms with Gasteiger partial charge in [0.2, 0.25) is 0 Å². The van der Waals surface area contributed by atoms with Gasteiger partial charge in [-0.3, -0.25) is 18.9 Å². The van der Waals surface area contributed by atoms with Crippen molar-refractivity contribution in [3.05, 3.63) is 84.1 Å². The molecule has 222 valence electrons. The molecule has 6 rings (SSSR count). The predicted octanol–water partition coefficient (Wildman–Crippen LogP) is 6.16. The Balaban J connectivity index is 1.45. The van der Waals surface area contributed by atoms with E-state index in [1.807, 2.05) is 30.5 Å². The Kier molecular flexibility index (Phi) is 7.75. The number of pyridine rings is 1. The highest BCUT2D eigenvalue weighted by Gasteiger charge is 2.33. The molecule has 0 unspecified atom stereocenters. The lowest BCUT2D eigenvalue weighted by atomic mass is 9.80. The van der Waals surface area contributed by atoms with E-state index in [0.29, 0.717) is 26.5 Å². The molecule has 0 radical (unpaired) electrons. The lowest BCUT2D eigenvalue weighted by molar-refractivity contribution is -0.141. The second-order valence-electron chi connectivity index (χ2n) is 10.7. The monoisotopic (exact) mass is 690 g/mol. The van der Waals surface area contributed by atoms with E-state index in [4.69, 9.17) is 11.6 Å². The molecule has 0 atom stereocenters. The third-order valence-electron chi connectivity index (χ3n) is 7.71. The molecule has 5 heterocycles. The van der Waals surface area contributed by atoms with Gasteiger partial charge in [-0.1, -0.05) is 11.6 Å². The summed E-state index contributed by atoms with van der Waals surface area (Å²) < 4.78 is 43.2. The van der Waals surface area contributed by atoms with Crippen LogP contribution >= 0.6 is 38.9 Å². The zero-order valence-electron chi connectivity index (χ0n) is 22.4. The standard InChI is InChI=1S/C29H23BrClF3N6O2S/c30-22-13-39(16-29(32,33)34)27(42)40(26(22)41)12-19-11-23-25(43-19)20(1-5-37-23)21-10-18(31)9-17-2-8-38(24(17)21)15-28(14-35)3-6-36-7-4-28/h1-2,5,8-11,13,36H,3-4,6-7,12,15-16H2. The Labute approximate surface area is 260 Å². The van der Waals surface area contributed by atoms with Crippen LogP contribution in [-0.4, -0.2) is 38.0 Å². The van der Waals surface area contributed by atoms with E-state index in [9.17, 15) is 28.0 Å². The Morgan fingerprint density at radius 2 is 1.91 bits per heavy atom. The fraction of sp³-hybridized carbons (Fsp3) is 0.310. The molecule has 43 heavy (non-hydrogen) atoms. The van der Waals surface area contributed by atoms with Crippen LogP contribution < -0.4 is 16.6 Å². The van der Waals surface area contributed by atoms with Gasteiger partial charge in [0.1, 0.15) is 6.54 Å². The summed E-state index contributed by atoms with van der Waals surface area (Å²) in [6, 6.07) is 11.9. The molecule has 0 saturated carbocycles.